The van der Waals surface area contributed by atoms with E-state index in [1.165, 1.54) is 6.07 Å². The maximum absolute atomic E-state index is 10.9. The summed E-state index contributed by atoms with van der Waals surface area (Å²) in [7, 11) is 0. The van der Waals surface area contributed by atoms with Crippen molar-refractivity contribution >= 4 is 24.0 Å². The number of carboxylic acids is 1. The lowest BCUT2D eigenvalue weighted by Gasteiger charge is -2.12. The summed E-state index contributed by atoms with van der Waals surface area (Å²) >= 11 is 1.14. The second kappa shape index (κ2) is 5.42. The Bertz CT molecular complexity index is 553. The van der Waals surface area contributed by atoms with Gasteiger partial charge in [-0.3, -0.25) is 4.98 Å². The van der Waals surface area contributed by atoms with E-state index >= 15 is 0 Å². The number of rotatable bonds is 5. The predicted molar refractivity (Wildman–Crippen MR) is 68.0 cm³/mol. The summed E-state index contributed by atoms with van der Waals surface area (Å²) in [6, 6.07) is 6.86. The van der Waals surface area contributed by atoms with E-state index in [9.17, 15) is 4.79 Å². The second-order valence-corrected chi connectivity index (χ2v) is 4.52. The lowest BCUT2D eigenvalue weighted by molar-refractivity contribution is 0.0702. The lowest BCUT2D eigenvalue weighted by Crippen LogP contribution is -2.01. The van der Waals surface area contributed by atoms with E-state index in [1.807, 2.05) is 6.07 Å². The number of pyridine rings is 1. The van der Waals surface area contributed by atoms with E-state index in [0.717, 1.165) is 21.8 Å². The van der Waals surface area contributed by atoms with Crippen LogP contribution in [0.5, 0.6) is 0 Å². The zero-order valence-electron chi connectivity index (χ0n) is 9.31. The van der Waals surface area contributed by atoms with Crippen molar-refractivity contribution in [2.24, 2.45) is 5.16 Å². The van der Waals surface area contributed by atoms with E-state index < -0.39 is 12.1 Å². The number of thiophene rings is 1. The molecule has 1 atom stereocenters. The molecule has 6 heteroatoms. The first-order valence-corrected chi connectivity index (χ1v) is 5.89. The van der Waals surface area contributed by atoms with Crippen molar-refractivity contribution in [3.63, 3.8) is 0 Å². The van der Waals surface area contributed by atoms with Crippen LogP contribution in [0.25, 0.3) is 0 Å². The Kier molecular flexibility index (Phi) is 3.69. The molecule has 0 aromatic carbocycles. The Morgan fingerprint density at radius 2 is 2.33 bits per heavy atom. The van der Waals surface area contributed by atoms with Gasteiger partial charge in [0.1, 0.15) is 4.88 Å². The molecule has 0 spiro atoms. The second-order valence-electron chi connectivity index (χ2n) is 3.41. The van der Waals surface area contributed by atoms with Gasteiger partial charge in [0.15, 0.2) is 6.10 Å². The van der Waals surface area contributed by atoms with Crippen molar-refractivity contribution in [3.8, 4) is 0 Å². The van der Waals surface area contributed by atoms with Crippen molar-refractivity contribution in [2.75, 3.05) is 0 Å². The van der Waals surface area contributed by atoms with Gasteiger partial charge in [-0.2, -0.15) is 0 Å². The fraction of sp³-hybridized carbons (Fsp3) is 0.0833. The normalized spacial score (nSPS) is 11.8. The lowest BCUT2D eigenvalue weighted by atomic mass is 10.1. The molecule has 2 heterocycles. The van der Waals surface area contributed by atoms with Crippen LogP contribution in [0.3, 0.4) is 0 Å². The van der Waals surface area contributed by atoms with Crippen LogP contribution in [0.1, 0.15) is 26.2 Å². The van der Waals surface area contributed by atoms with Crippen LogP contribution in [0.15, 0.2) is 41.8 Å². The number of carboxylic acid groups (broad SMARTS) is 1. The Morgan fingerprint density at radius 3 is 2.89 bits per heavy atom. The molecule has 1 N–H and O–H groups in total. The summed E-state index contributed by atoms with van der Waals surface area (Å²) in [6.45, 7) is 3.29. The summed E-state index contributed by atoms with van der Waals surface area (Å²) in [4.78, 5) is 21.1. The summed E-state index contributed by atoms with van der Waals surface area (Å²) in [6.07, 6.45) is 2.82. The number of hydrogen-bond donors (Lipinski definition) is 1. The third-order valence-corrected chi connectivity index (χ3v) is 3.38. The Labute approximate surface area is 107 Å². The topological polar surface area (TPSA) is 71.8 Å². The number of aromatic carboxylic acids is 1. The summed E-state index contributed by atoms with van der Waals surface area (Å²) in [5.41, 5.74) is 0.795. The standard InChI is InChI=1S/C12H10N2O3S/c1-13-17-11(8-3-2-6-14-7-8)9-4-5-10(18-9)12(15)16/h2-7,11H,1H2,(H,15,16). The first-order chi connectivity index (χ1) is 8.72. The van der Waals surface area contributed by atoms with Crippen LogP contribution in [0, 0.1) is 0 Å². The van der Waals surface area contributed by atoms with Gasteiger partial charge in [-0.05, 0) is 18.2 Å². The van der Waals surface area contributed by atoms with Gasteiger partial charge in [0.25, 0.3) is 0 Å². The molecule has 0 aliphatic heterocycles. The molecule has 0 amide bonds. The van der Waals surface area contributed by atoms with E-state index in [4.69, 9.17) is 9.94 Å². The molecule has 2 rings (SSSR count). The molecule has 0 fully saturated rings. The van der Waals surface area contributed by atoms with Crippen LogP contribution in [-0.4, -0.2) is 22.8 Å². The number of carbonyl (C=O) groups is 1. The van der Waals surface area contributed by atoms with Crippen molar-refractivity contribution in [2.45, 2.75) is 6.10 Å². The van der Waals surface area contributed by atoms with Crippen LogP contribution in [-0.2, 0) is 4.84 Å². The van der Waals surface area contributed by atoms with Gasteiger partial charge < -0.3 is 9.94 Å². The maximum atomic E-state index is 10.9. The molecule has 1 unspecified atom stereocenters. The number of nitrogens with zero attached hydrogens (tertiary/aromatic N) is 2. The predicted octanol–water partition coefficient (Wildman–Crippen LogP) is 2.56. The smallest absolute Gasteiger partial charge is 0.345 e. The molecule has 2 aromatic heterocycles. The van der Waals surface area contributed by atoms with E-state index in [1.54, 1.807) is 24.5 Å². The molecular formula is C12H10N2O3S. The summed E-state index contributed by atoms with van der Waals surface area (Å²) in [5.74, 6) is -0.956. The van der Waals surface area contributed by atoms with Crippen LogP contribution >= 0.6 is 11.3 Å². The Morgan fingerprint density at radius 1 is 1.50 bits per heavy atom. The van der Waals surface area contributed by atoms with Crippen molar-refractivity contribution in [1.29, 1.82) is 0 Å². The average Bonchev–Trinajstić information content (AvgIpc) is 2.86. The highest BCUT2D eigenvalue weighted by molar-refractivity contribution is 7.14. The summed E-state index contributed by atoms with van der Waals surface area (Å²) < 4.78 is 0. The van der Waals surface area contributed by atoms with E-state index in [0.29, 0.717) is 0 Å². The number of aromatic nitrogens is 1. The molecule has 0 saturated heterocycles. The molecule has 92 valence electrons. The van der Waals surface area contributed by atoms with E-state index in [2.05, 4.69) is 16.9 Å². The zero-order valence-corrected chi connectivity index (χ0v) is 10.1. The van der Waals surface area contributed by atoms with Gasteiger partial charge >= 0.3 is 5.97 Å². The monoisotopic (exact) mass is 262 g/mol. The van der Waals surface area contributed by atoms with Gasteiger partial charge in [0.2, 0.25) is 0 Å². The molecule has 2 aromatic rings. The third kappa shape index (κ3) is 2.54. The highest BCUT2D eigenvalue weighted by Gasteiger charge is 2.19. The third-order valence-electron chi connectivity index (χ3n) is 2.26. The first-order valence-electron chi connectivity index (χ1n) is 5.07. The summed E-state index contributed by atoms with van der Waals surface area (Å²) in [5, 5.41) is 12.3. The minimum absolute atomic E-state index is 0.256. The molecule has 0 bridgehead atoms. The maximum Gasteiger partial charge on any atom is 0.345 e. The van der Waals surface area contributed by atoms with Gasteiger partial charge in [0.05, 0.1) is 4.88 Å². The van der Waals surface area contributed by atoms with Crippen molar-refractivity contribution in [3.05, 3.63) is 52.0 Å². The van der Waals surface area contributed by atoms with E-state index in [-0.39, 0.29) is 4.88 Å². The molecule has 0 saturated carbocycles. The molecule has 18 heavy (non-hydrogen) atoms. The molecule has 0 aliphatic rings. The number of oxime groups is 1. The fourth-order valence-electron chi connectivity index (χ4n) is 1.49. The van der Waals surface area contributed by atoms with Gasteiger partial charge in [-0.1, -0.05) is 6.07 Å². The largest absolute Gasteiger partial charge is 0.477 e. The molecule has 0 aliphatic carbocycles. The molecular weight excluding hydrogens is 252 g/mol. The molecule has 0 radical (unpaired) electrons. The SMILES string of the molecule is C=NOC(c1cccnc1)c1ccc(C(=O)O)s1. The van der Waals surface area contributed by atoms with Gasteiger partial charge in [-0.15, -0.1) is 16.5 Å². The highest BCUT2D eigenvalue weighted by atomic mass is 32.1. The van der Waals surface area contributed by atoms with Crippen LogP contribution in [0.4, 0.5) is 0 Å². The Hall–Kier alpha value is -2.21. The quantitative estimate of drug-likeness (QED) is 0.664. The van der Waals surface area contributed by atoms with Crippen LogP contribution in [0.2, 0.25) is 0 Å². The fourth-order valence-corrected chi connectivity index (χ4v) is 2.39. The van der Waals surface area contributed by atoms with Gasteiger partial charge in [0, 0.05) is 24.7 Å². The minimum Gasteiger partial charge on any atom is -0.477 e. The minimum atomic E-state index is -0.956. The van der Waals surface area contributed by atoms with Crippen molar-refractivity contribution < 1.29 is 14.7 Å². The van der Waals surface area contributed by atoms with Crippen LogP contribution < -0.4 is 0 Å². The van der Waals surface area contributed by atoms with Crippen molar-refractivity contribution in [1.82, 2.24) is 4.98 Å². The average molecular weight is 262 g/mol. The Balaban J connectivity index is 2.35. The zero-order chi connectivity index (χ0) is 13.0. The van der Waals surface area contributed by atoms with Gasteiger partial charge in [-0.25, -0.2) is 4.79 Å². The number of hydrogen-bond acceptors (Lipinski definition) is 5. The highest BCUT2D eigenvalue weighted by Crippen LogP contribution is 2.31. The molecule has 5 nitrogen and oxygen atoms in total. The first kappa shape index (κ1) is 12.3.